The van der Waals surface area contributed by atoms with E-state index in [1.54, 1.807) is 14.2 Å². The van der Waals surface area contributed by atoms with Gasteiger partial charge in [0, 0.05) is 65.1 Å². The average molecular weight is 427 g/mol. The Labute approximate surface area is 185 Å². The number of methoxy groups -OCH3 is 1. The lowest BCUT2D eigenvalue weighted by atomic mass is 10.1. The van der Waals surface area contributed by atoms with E-state index in [9.17, 15) is 0 Å². The molecule has 0 aromatic heterocycles. The molecule has 0 amide bonds. The summed E-state index contributed by atoms with van der Waals surface area (Å²) < 4.78 is 16.3. The molecule has 31 heavy (non-hydrogen) atoms. The summed E-state index contributed by atoms with van der Waals surface area (Å²) in [5.41, 5.74) is 3.48. The number of guanidine groups is 1. The minimum atomic E-state index is 0.630. The molecule has 0 spiro atoms. The second-order valence-corrected chi connectivity index (χ2v) is 7.48. The quantitative estimate of drug-likeness (QED) is 0.346. The zero-order valence-corrected chi connectivity index (χ0v) is 18.6. The number of nitrogens with zero attached hydrogens (tertiary/aromatic N) is 2. The van der Waals surface area contributed by atoms with E-state index in [2.05, 4.69) is 44.8 Å². The number of rotatable bonds is 10. The molecule has 1 aliphatic heterocycles. The van der Waals surface area contributed by atoms with E-state index in [0.29, 0.717) is 19.8 Å². The lowest BCUT2D eigenvalue weighted by Gasteiger charge is -2.26. The lowest BCUT2D eigenvalue weighted by Crippen LogP contribution is -2.35. The lowest BCUT2D eigenvalue weighted by molar-refractivity contribution is 0.0342. The van der Waals surface area contributed by atoms with E-state index < -0.39 is 0 Å². The third-order valence-corrected chi connectivity index (χ3v) is 5.04. The van der Waals surface area contributed by atoms with E-state index >= 15 is 0 Å². The summed E-state index contributed by atoms with van der Waals surface area (Å²) in [5.74, 6) is 1.54. The van der Waals surface area contributed by atoms with Gasteiger partial charge in [0.15, 0.2) is 5.96 Å². The van der Waals surface area contributed by atoms with Crippen molar-refractivity contribution in [2.24, 2.45) is 4.99 Å². The van der Waals surface area contributed by atoms with Crippen LogP contribution in [0, 0.1) is 0 Å². The molecule has 2 aromatic rings. The summed E-state index contributed by atoms with van der Waals surface area (Å²) in [6, 6.07) is 16.6. The van der Waals surface area contributed by atoms with Gasteiger partial charge in [0.1, 0.15) is 5.75 Å². The molecule has 1 aliphatic rings. The molecule has 1 saturated heterocycles. The molecule has 7 nitrogen and oxygen atoms in total. The van der Waals surface area contributed by atoms with Crippen LogP contribution in [0.1, 0.15) is 17.5 Å². The first-order valence-corrected chi connectivity index (χ1v) is 10.8. The predicted octanol–water partition coefficient (Wildman–Crippen LogP) is 3.12. The predicted molar refractivity (Wildman–Crippen MR) is 125 cm³/mol. The van der Waals surface area contributed by atoms with Gasteiger partial charge in [-0.1, -0.05) is 30.3 Å². The summed E-state index contributed by atoms with van der Waals surface area (Å²) in [6.07, 6.45) is 0.863. The molecule has 7 heteroatoms. The molecular weight excluding hydrogens is 392 g/mol. The molecule has 2 N–H and O–H groups in total. The van der Waals surface area contributed by atoms with Crippen LogP contribution in [0.25, 0.3) is 0 Å². The highest BCUT2D eigenvalue weighted by atomic mass is 16.5. The molecule has 1 heterocycles. The number of hydrogen-bond acceptors (Lipinski definition) is 5. The number of benzene rings is 2. The van der Waals surface area contributed by atoms with Crippen LogP contribution in [0.3, 0.4) is 0 Å². The van der Waals surface area contributed by atoms with Crippen LogP contribution in [0.15, 0.2) is 53.5 Å². The molecule has 0 radical (unpaired) electrons. The van der Waals surface area contributed by atoms with Gasteiger partial charge in [0.25, 0.3) is 0 Å². The standard InChI is InChI=1S/C24H34N4O3/c1-25-24(27-22-8-4-9-23(17-22)31-13-5-12-29-2)26-18-20-6-3-7-21(16-20)19-28-10-14-30-15-11-28/h3-4,6-9,16-17H,5,10-15,18-19H2,1-2H3,(H2,25,26,27). The van der Waals surface area contributed by atoms with Crippen molar-refractivity contribution in [3.05, 3.63) is 59.7 Å². The second-order valence-electron chi connectivity index (χ2n) is 7.48. The highest BCUT2D eigenvalue weighted by molar-refractivity contribution is 5.93. The summed E-state index contributed by atoms with van der Waals surface area (Å²) in [6.45, 7) is 6.62. The van der Waals surface area contributed by atoms with E-state index in [1.807, 2.05) is 24.3 Å². The minimum absolute atomic E-state index is 0.630. The number of ether oxygens (including phenoxy) is 3. The molecule has 0 unspecified atom stereocenters. The van der Waals surface area contributed by atoms with E-state index in [4.69, 9.17) is 14.2 Å². The summed E-state index contributed by atoms with van der Waals surface area (Å²) in [5, 5.41) is 6.73. The van der Waals surface area contributed by atoms with Gasteiger partial charge in [-0.25, -0.2) is 0 Å². The van der Waals surface area contributed by atoms with Crippen molar-refractivity contribution in [1.29, 1.82) is 0 Å². The van der Waals surface area contributed by atoms with Crippen LogP contribution in [0.2, 0.25) is 0 Å². The molecule has 0 aliphatic carbocycles. The first kappa shape index (κ1) is 23.1. The van der Waals surface area contributed by atoms with E-state index in [-0.39, 0.29) is 0 Å². The topological polar surface area (TPSA) is 67.4 Å². The minimum Gasteiger partial charge on any atom is -0.493 e. The first-order valence-electron chi connectivity index (χ1n) is 10.8. The highest BCUT2D eigenvalue weighted by Crippen LogP contribution is 2.17. The molecule has 3 rings (SSSR count). The number of hydrogen-bond donors (Lipinski definition) is 2. The number of morpholine rings is 1. The Kier molecular flexibility index (Phi) is 9.63. The van der Waals surface area contributed by atoms with Crippen molar-refractivity contribution in [2.45, 2.75) is 19.5 Å². The Bertz CT molecular complexity index is 822. The monoisotopic (exact) mass is 426 g/mol. The van der Waals surface area contributed by atoms with Crippen molar-refractivity contribution in [3.63, 3.8) is 0 Å². The van der Waals surface area contributed by atoms with Gasteiger partial charge in [0.05, 0.1) is 19.8 Å². The van der Waals surface area contributed by atoms with Crippen LogP contribution in [-0.2, 0) is 22.6 Å². The molecule has 1 fully saturated rings. The fourth-order valence-electron chi connectivity index (χ4n) is 3.41. The third kappa shape index (κ3) is 8.20. The summed E-state index contributed by atoms with van der Waals surface area (Å²) in [7, 11) is 3.47. The highest BCUT2D eigenvalue weighted by Gasteiger charge is 2.11. The molecule has 0 saturated carbocycles. The molecule has 2 aromatic carbocycles. The van der Waals surface area contributed by atoms with Crippen molar-refractivity contribution in [3.8, 4) is 5.75 Å². The fraction of sp³-hybridized carbons (Fsp3) is 0.458. The number of aliphatic imine (C=N–C) groups is 1. The third-order valence-electron chi connectivity index (χ3n) is 5.04. The van der Waals surface area contributed by atoms with E-state index in [0.717, 1.165) is 56.7 Å². The maximum atomic E-state index is 5.78. The maximum absolute atomic E-state index is 5.78. The Morgan fingerprint density at radius 3 is 2.68 bits per heavy atom. The molecule has 0 bridgehead atoms. The van der Waals surface area contributed by atoms with Gasteiger partial charge in [-0.05, 0) is 23.3 Å². The summed E-state index contributed by atoms with van der Waals surface area (Å²) >= 11 is 0. The van der Waals surface area contributed by atoms with E-state index in [1.165, 1.54) is 11.1 Å². The fourth-order valence-corrected chi connectivity index (χ4v) is 3.41. The molecule has 0 atom stereocenters. The average Bonchev–Trinajstić information content (AvgIpc) is 2.81. The Hall–Kier alpha value is -2.61. The van der Waals surface area contributed by atoms with Crippen molar-refractivity contribution in [2.75, 3.05) is 59.0 Å². The van der Waals surface area contributed by atoms with Crippen LogP contribution >= 0.6 is 0 Å². The zero-order chi connectivity index (χ0) is 21.7. The van der Waals surface area contributed by atoms with Gasteiger partial charge in [-0.3, -0.25) is 9.89 Å². The molecular formula is C24H34N4O3. The summed E-state index contributed by atoms with van der Waals surface area (Å²) in [4.78, 5) is 6.78. The normalized spacial score (nSPS) is 15.0. The largest absolute Gasteiger partial charge is 0.493 e. The Morgan fingerprint density at radius 1 is 1.06 bits per heavy atom. The van der Waals surface area contributed by atoms with Crippen LogP contribution in [0.5, 0.6) is 5.75 Å². The Balaban J connectivity index is 1.50. The smallest absolute Gasteiger partial charge is 0.195 e. The second kappa shape index (κ2) is 12.9. The SMILES string of the molecule is CN=C(NCc1cccc(CN2CCOCC2)c1)Nc1cccc(OCCCOC)c1. The number of nitrogens with one attached hydrogen (secondary N) is 2. The van der Waals surface area contributed by atoms with Crippen LogP contribution in [0.4, 0.5) is 5.69 Å². The van der Waals surface area contributed by atoms with Gasteiger partial charge in [-0.15, -0.1) is 0 Å². The van der Waals surface area contributed by atoms with Gasteiger partial charge >= 0.3 is 0 Å². The first-order chi connectivity index (χ1) is 15.3. The van der Waals surface area contributed by atoms with Gasteiger partial charge in [-0.2, -0.15) is 0 Å². The number of anilines is 1. The van der Waals surface area contributed by atoms with Crippen molar-refractivity contribution in [1.82, 2.24) is 10.2 Å². The van der Waals surface area contributed by atoms with Crippen molar-refractivity contribution >= 4 is 11.6 Å². The van der Waals surface area contributed by atoms with Gasteiger partial charge < -0.3 is 24.8 Å². The van der Waals surface area contributed by atoms with Gasteiger partial charge in [0.2, 0.25) is 0 Å². The van der Waals surface area contributed by atoms with Crippen molar-refractivity contribution < 1.29 is 14.2 Å². The van der Waals surface area contributed by atoms with Crippen LogP contribution < -0.4 is 15.4 Å². The van der Waals surface area contributed by atoms with Crippen LogP contribution in [-0.4, -0.2) is 64.5 Å². The Morgan fingerprint density at radius 2 is 1.87 bits per heavy atom. The molecule has 168 valence electrons. The maximum Gasteiger partial charge on any atom is 0.195 e. The zero-order valence-electron chi connectivity index (χ0n) is 18.6.